The van der Waals surface area contributed by atoms with Gasteiger partial charge in [0.25, 0.3) is 5.91 Å². The lowest BCUT2D eigenvalue weighted by atomic mass is 10.00. The van der Waals surface area contributed by atoms with E-state index in [9.17, 15) is 14.0 Å². The summed E-state index contributed by atoms with van der Waals surface area (Å²) in [5.41, 5.74) is 3.93. The van der Waals surface area contributed by atoms with E-state index in [1.54, 1.807) is 42.2 Å². The van der Waals surface area contributed by atoms with Crippen LogP contribution in [0.2, 0.25) is 0 Å². The van der Waals surface area contributed by atoms with Crippen LogP contribution in [0.5, 0.6) is 0 Å². The number of hydrogen-bond acceptors (Lipinski definition) is 7. The highest BCUT2D eigenvalue weighted by Crippen LogP contribution is 2.26. The first-order valence-electron chi connectivity index (χ1n) is 12.9. The number of hydrogen-bond donors (Lipinski definition) is 0. The molecule has 1 aliphatic rings. The number of nitrogens with zero attached hydrogens (tertiary/aromatic N) is 7. The van der Waals surface area contributed by atoms with E-state index in [0.29, 0.717) is 41.0 Å². The van der Waals surface area contributed by atoms with Crippen molar-refractivity contribution in [3.05, 3.63) is 77.4 Å². The molecule has 0 atom stereocenters. The minimum atomic E-state index is -0.260. The van der Waals surface area contributed by atoms with Crippen LogP contribution in [0.1, 0.15) is 65.8 Å². The number of benzene rings is 1. The maximum Gasteiger partial charge on any atom is 0.291 e. The molecule has 1 aliphatic heterocycles. The molecule has 9 nitrogen and oxygen atoms in total. The minimum Gasteiger partial charge on any atom is -0.333 e. The van der Waals surface area contributed by atoms with Gasteiger partial charge in [0.05, 0.1) is 11.9 Å². The number of aldehydes is 1. The van der Waals surface area contributed by atoms with Crippen molar-refractivity contribution in [1.29, 1.82) is 0 Å². The second-order valence-electron chi connectivity index (χ2n) is 10.7. The van der Waals surface area contributed by atoms with Gasteiger partial charge in [0, 0.05) is 48.7 Å². The van der Waals surface area contributed by atoms with E-state index < -0.39 is 0 Å². The highest BCUT2D eigenvalue weighted by atomic mass is 19.1. The van der Waals surface area contributed by atoms with Crippen molar-refractivity contribution in [3.63, 3.8) is 0 Å². The Labute approximate surface area is 227 Å². The van der Waals surface area contributed by atoms with Gasteiger partial charge in [-0.05, 0) is 57.5 Å². The first-order chi connectivity index (χ1) is 18.5. The average molecular weight is 532 g/mol. The Morgan fingerprint density at radius 2 is 1.85 bits per heavy atom. The van der Waals surface area contributed by atoms with Gasteiger partial charge in [-0.1, -0.05) is 26.0 Å². The third-order valence-corrected chi connectivity index (χ3v) is 7.04. The van der Waals surface area contributed by atoms with Gasteiger partial charge in [-0.2, -0.15) is 5.10 Å². The number of aryl methyl sites for hydroxylation is 1. The van der Waals surface area contributed by atoms with Crippen LogP contribution >= 0.6 is 0 Å². The summed E-state index contributed by atoms with van der Waals surface area (Å²) < 4.78 is 15.4. The zero-order valence-electron chi connectivity index (χ0n) is 23.2. The molecule has 0 unspecified atom stereocenters. The lowest BCUT2D eigenvalue weighted by Crippen LogP contribution is -2.59. The molecule has 0 N–H and O–H groups in total. The molecular weight excluding hydrogens is 497 g/mol. The lowest BCUT2D eigenvalue weighted by Gasteiger charge is -2.45. The Kier molecular flexibility index (Phi) is 8.15. The molecule has 4 heterocycles. The highest BCUT2D eigenvalue weighted by molar-refractivity contribution is 5.90. The zero-order valence-corrected chi connectivity index (χ0v) is 23.2. The van der Waals surface area contributed by atoms with Gasteiger partial charge in [-0.25, -0.2) is 23.9 Å². The minimum absolute atomic E-state index is 0.00267. The fourth-order valence-corrected chi connectivity index (χ4v) is 4.36. The SMILES string of the molecule is CN1CCN(C(=O)c2ncccn2)CC1(C)C.Cc1ccc(-c2cc(C(C)C)c3nc(C=O)cn3n2)cc1F. The van der Waals surface area contributed by atoms with Crippen molar-refractivity contribution in [1.82, 2.24) is 34.4 Å². The predicted molar refractivity (Wildman–Crippen MR) is 147 cm³/mol. The van der Waals surface area contributed by atoms with E-state index in [0.717, 1.165) is 18.7 Å². The molecular formula is C29H34FN7O2. The summed E-state index contributed by atoms with van der Waals surface area (Å²) in [5, 5.41) is 4.46. The molecule has 4 aromatic rings. The standard InChI is InChI=1S/C17H16FN3O.C12H18N4O/c1-10(2)14-7-16(12-5-4-11(3)15(18)6-12)20-21-8-13(9-22)19-17(14)21;1-12(2)9-16(8-7-15(12)3)11(17)10-13-5-4-6-14-10/h4-10H,1-3H3;4-6H,7-9H2,1-3H3. The molecule has 0 radical (unpaired) electrons. The third-order valence-electron chi connectivity index (χ3n) is 7.04. The van der Waals surface area contributed by atoms with Crippen LogP contribution in [0.4, 0.5) is 4.39 Å². The van der Waals surface area contributed by atoms with Gasteiger partial charge >= 0.3 is 0 Å². The molecule has 1 amide bonds. The largest absolute Gasteiger partial charge is 0.333 e. The van der Waals surface area contributed by atoms with Crippen molar-refractivity contribution >= 4 is 17.8 Å². The van der Waals surface area contributed by atoms with Crippen molar-refractivity contribution in [3.8, 4) is 11.3 Å². The normalized spacial score (nSPS) is 15.2. The van der Waals surface area contributed by atoms with Crippen LogP contribution in [0.25, 0.3) is 16.9 Å². The number of likely N-dealkylation sites (N-methyl/N-ethyl adjacent to an activating group) is 1. The summed E-state index contributed by atoms with van der Waals surface area (Å²) in [6.07, 6.45) is 5.48. The van der Waals surface area contributed by atoms with Gasteiger partial charge in [0.15, 0.2) is 11.9 Å². The van der Waals surface area contributed by atoms with E-state index in [1.807, 2.05) is 30.9 Å². The van der Waals surface area contributed by atoms with Crippen molar-refractivity contribution < 1.29 is 14.0 Å². The van der Waals surface area contributed by atoms with Gasteiger partial charge in [-0.15, -0.1) is 0 Å². The van der Waals surface area contributed by atoms with E-state index in [1.165, 1.54) is 6.07 Å². The second-order valence-corrected chi connectivity index (χ2v) is 10.7. The maximum atomic E-state index is 13.8. The number of carbonyl (C=O) groups is 2. The van der Waals surface area contributed by atoms with E-state index in [2.05, 4.69) is 45.8 Å². The summed E-state index contributed by atoms with van der Waals surface area (Å²) in [6.45, 7) is 12.4. The number of piperazine rings is 1. The van der Waals surface area contributed by atoms with Crippen LogP contribution < -0.4 is 0 Å². The summed E-state index contributed by atoms with van der Waals surface area (Å²) in [7, 11) is 2.08. The molecule has 0 aliphatic carbocycles. The average Bonchev–Trinajstić information content (AvgIpc) is 3.35. The monoisotopic (exact) mass is 531 g/mol. The van der Waals surface area contributed by atoms with E-state index in [4.69, 9.17) is 0 Å². The number of rotatable bonds is 4. The zero-order chi connectivity index (χ0) is 28.3. The number of halogens is 1. The Balaban J connectivity index is 0.000000187. The molecule has 1 aromatic carbocycles. The molecule has 0 saturated carbocycles. The van der Waals surface area contributed by atoms with Crippen LogP contribution in [-0.2, 0) is 0 Å². The fraction of sp³-hybridized carbons (Fsp3) is 0.379. The third kappa shape index (κ3) is 6.17. The van der Waals surface area contributed by atoms with Crippen LogP contribution in [0.3, 0.4) is 0 Å². The van der Waals surface area contributed by atoms with Crippen molar-refractivity contribution in [2.45, 2.75) is 46.1 Å². The van der Waals surface area contributed by atoms with Crippen LogP contribution in [0, 0.1) is 12.7 Å². The Morgan fingerprint density at radius 3 is 2.46 bits per heavy atom. The number of carbonyl (C=O) groups excluding carboxylic acids is 2. The summed E-state index contributed by atoms with van der Waals surface area (Å²) in [4.78, 5) is 39.5. The van der Waals surface area contributed by atoms with Crippen molar-refractivity contribution in [2.75, 3.05) is 26.7 Å². The van der Waals surface area contributed by atoms with Gasteiger partial charge < -0.3 is 4.90 Å². The maximum absolute atomic E-state index is 13.8. The second kappa shape index (κ2) is 11.4. The van der Waals surface area contributed by atoms with Crippen LogP contribution in [0.15, 0.2) is 48.9 Å². The number of fused-ring (bicyclic) bond motifs is 1. The van der Waals surface area contributed by atoms with Gasteiger partial charge in [-0.3, -0.25) is 14.5 Å². The number of imidazole rings is 1. The van der Waals surface area contributed by atoms with Crippen LogP contribution in [-0.4, -0.2) is 78.8 Å². The molecule has 5 rings (SSSR count). The van der Waals surface area contributed by atoms with Crippen molar-refractivity contribution in [2.24, 2.45) is 0 Å². The molecule has 10 heteroatoms. The molecule has 1 saturated heterocycles. The molecule has 0 bridgehead atoms. The van der Waals surface area contributed by atoms with E-state index in [-0.39, 0.29) is 29.0 Å². The highest BCUT2D eigenvalue weighted by Gasteiger charge is 2.34. The quantitative estimate of drug-likeness (QED) is 0.360. The smallest absolute Gasteiger partial charge is 0.291 e. The van der Waals surface area contributed by atoms with E-state index >= 15 is 0 Å². The molecule has 0 spiro atoms. The Morgan fingerprint density at radius 1 is 1.13 bits per heavy atom. The number of aromatic nitrogens is 5. The molecule has 3 aromatic heterocycles. The van der Waals surface area contributed by atoms with Gasteiger partial charge in [0.2, 0.25) is 5.82 Å². The molecule has 204 valence electrons. The lowest BCUT2D eigenvalue weighted by molar-refractivity contribution is 0.0302. The summed E-state index contributed by atoms with van der Waals surface area (Å²) in [6, 6.07) is 8.67. The number of amides is 1. The first kappa shape index (κ1) is 28.0. The topological polar surface area (TPSA) is 96.6 Å². The molecule has 39 heavy (non-hydrogen) atoms. The predicted octanol–water partition coefficient (Wildman–Crippen LogP) is 4.42. The van der Waals surface area contributed by atoms with Gasteiger partial charge in [0.1, 0.15) is 11.5 Å². The summed E-state index contributed by atoms with van der Waals surface area (Å²) in [5.74, 6) is 0.158. The Bertz CT molecular complexity index is 1480. The molecule has 1 fully saturated rings. The first-order valence-corrected chi connectivity index (χ1v) is 12.9. The fourth-order valence-electron chi connectivity index (χ4n) is 4.36. The Hall–Kier alpha value is -4.05. The summed E-state index contributed by atoms with van der Waals surface area (Å²) >= 11 is 0.